The highest BCUT2D eigenvalue weighted by molar-refractivity contribution is 7.20. The molecular weight excluding hydrogens is 404 g/mol. The molecule has 2 heterocycles. The van der Waals surface area contributed by atoms with E-state index in [2.05, 4.69) is 15.3 Å². The Balaban J connectivity index is 0.00000145. The van der Waals surface area contributed by atoms with E-state index in [1.54, 1.807) is 12.1 Å². The Hall–Kier alpha value is -2.70. The molecule has 0 atom stereocenters. The van der Waals surface area contributed by atoms with Crippen LogP contribution in [-0.4, -0.2) is 15.9 Å². The number of hydrogen-bond acceptors (Lipinski definition) is 5. The molecule has 0 saturated heterocycles. The fraction of sp³-hybridized carbons (Fsp3) is 0.227. The van der Waals surface area contributed by atoms with Gasteiger partial charge in [0, 0.05) is 28.1 Å². The summed E-state index contributed by atoms with van der Waals surface area (Å²) in [7, 11) is 0. The summed E-state index contributed by atoms with van der Waals surface area (Å²) in [4.78, 5) is 22.5. The van der Waals surface area contributed by atoms with Gasteiger partial charge >= 0.3 is 0 Å². The standard InChI is InChI=1S/C20H19ClN4OS.C2H6/c1-3-5-6-14(4-2)23-18(26)16-11-15-17(12-7-9-13(21)10-8-12)24-20(22)25-19(15)27-16;1-2/h3-5,7-11H,6H2,1-2H3,(H,23,26)(H2,22,24,25);1-2H3/b5-3-,14-4+;. The average Bonchev–Trinajstić information content (AvgIpc) is 3.16. The van der Waals surface area contributed by atoms with E-state index in [0.29, 0.717) is 26.8 Å². The van der Waals surface area contributed by atoms with E-state index >= 15 is 0 Å². The second-order valence-electron chi connectivity index (χ2n) is 5.81. The number of amides is 1. The van der Waals surface area contributed by atoms with Crippen molar-refractivity contribution in [2.24, 2.45) is 0 Å². The summed E-state index contributed by atoms with van der Waals surface area (Å²) in [6.45, 7) is 7.84. The molecule has 3 rings (SSSR count). The van der Waals surface area contributed by atoms with Gasteiger partial charge in [-0.25, -0.2) is 9.97 Å². The molecule has 0 aliphatic heterocycles. The van der Waals surface area contributed by atoms with E-state index in [9.17, 15) is 4.79 Å². The number of carbonyl (C=O) groups excluding carboxylic acids is 1. The van der Waals surface area contributed by atoms with Gasteiger partial charge in [0.2, 0.25) is 5.95 Å². The van der Waals surface area contributed by atoms with Crippen LogP contribution in [-0.2, 0) is 0 Å². The third kappa shape index (κ3) is 5.65. The number of carbonyl (C=O) groups is 1. The molecule has 0 radical (unpaired) electrons. The number of hydrogen-bond donors (Lipinski definition) is 2. The summed E-state index contributed by atoms with van der Waals surface area (Å²) in [5.41, 5.74) is 8.27. The predicted octanol–water partition coefficient (Wildman–Crippen LogP) is 6.22. The van der Waals surface area contributed by atoms with E-state index < -0.39 is 0 Å². The molecule has 0 aliphatic rings. The Bertz CT molecular complexity index is 1040. The largest absolute Gasteiger partial charge is 0.368 e. The van der Waals surface area contributed by atoms with Crippen LogP contribution in [0.1, 0.15) is 43.8 Å². The molecule has 0 spiro atoms. The van der Waals surface area contributed by atoms with Crippen LogP contribution in [0.3, 0.4) is 0 Å². The van der Waals surface area contributed by atoms with Gasteiger partial charge < -0.3 is 11.1 Å². The van der Waals surface area contributed by atoms with Crippen molar-refractivity contribution >= 4 is 45.0 Å². The summed E-state index contributed by atoms with van der Waals surface area (Å²) in [5.74, 6) is -0.000264. The van der Waals surface area contributed by atoms with Crippen molar-refractivity contribution in [2.45, 2.75) is 34.1 Å². The molecular formula is C22H25ClN4OS. The van der Waals surface area contributed by atoms with Gasteiger partial charge in [-0.1, -0.05) is 55.8 Å². The molecule has 1 amide bonds. The number of rotatable bonds is 5. The normalized spacial score (nSPS) is 11.4. The molecule has 7 heteroatoms. The smallest absolute Gasteiger partial charge is 0.265 e. The highest BCUT2D eigenvalue weighted by Gasteiger charge is 2.17. The predicted molar refractivity (Wildman–Crippen MR) is 124 cm³/mol. The Morgan fingerprint density at radius 2 is 1.90 bits per heavy atom. The molecule has 0 saturated carbocycles. The fourth-order valence-electron chi connectivity index (χ4n) is 2.57. The van der Waals surface area contributed by atoms with Gasteiger partial charge in [-0.2, -0.15) is 0 Å². The van der Waals surface area contributed by atoms with E-state index in [-0.39, 0.29) is 11.9 Å². The maximum atomic E-state index is 12.7. The van der Waals surface area contributed by atoms with Crippen molar-refractivity contribution < 1.29 is 4.79 Å². The quantitative estimate of drug-likeness (QED) is 0.472. The number of fused-ring (bicyclic) bond motifs is 1. The molecule has 3 aromatic rings. The lowest BCUT2D eigenvalue weighted by molar-refractivity contribution is 0.0969. The number of thiophene rings is 1. The first kappa shape index (κ1) is 22.6. The second-order valence-corrected chi connectivity index (χ2v) is 7.28. The molecule has 0 fully saturated rings. The lowest BCUT2D eigenvalue weighted by Gasteiger charge is -2.05. The minimum atomic E-state index is -0.170. The van der Waals surface area contributed by atoms with Crippen LogP contribution < -0.4 is 11.1 Å². The summed E-state index contributed by atoms with van der Waals surface area (Å²) in [6, 6.07) is 9.13. The van der Waals surface area contributed by atoms with Crippen LogP contribution >= 0.6 is 22.9 Å². The number of benzene rings is 1. The number of nitrogens with two attached hydrogens (primary N) is 1. The summed E-state index contributed by atoms with van der Waals surface area (Å²) in [5, 5.41) is 4.37. The Morgan fingerprint density at radius 1 is 1.21 bits per heavy atom. The highest BCUT2D eigenvalue weighted by Crippen LogP contribution is 2.33. The second kappa shape index (κ2) is 10.7. The van der Waals surface area contributed by atoms with E-state index in [4.69, 9.17) is 17.3 Å². The summed E-state index contributed by atoms with van der Waals surface area (Å²) in [6.07, 6.45) is 6.51. The van der Waals surface area contributed by atoms with Crippen LogP contribution in [0.25, 0.3) is 21.5 Å². The van der Waals surface area contributed by atoms with Crippen molar-refractivity contribution in [3.8, 4) is 11.3 Å². The Kier molecular flexibility index (Phi) is 8.36. The molecule has 29 heavy (non-hydrogen) atoms. The minimum Gasteiger partial charge on any atom is -0.368 e. The third-order valence-corrected chi connectivity index (χ3v) is 5.23. The molecule has 1 aromatic carbocycles. The van der Waals surface area contributed by atoms with Crippen LogP contribution in [0.2, 0.25) is 5.02 Å². The lowest BCUT2D eigenvalue weighted by atomic mass is 10.1. The van der Waals surface area contributed by atoms with Gasteiger partial charge in [0.1, 0.15) is 4.83 Å². The van der Waals surface area contributed by atoms with Crippen molar-refractivity contribution in [3.63, 3.8) is 0 Å². The van der Waals surface area contributed by atoms with E-state index in [0.717, 1.165) is 16.6 Å². The number of halogens is 1. The Labute approximate surface area is 180 Å². The van der Waals surface area contributed by atoms with Gasteiger partial charge in [-0.15, -0.1) is 11.3 Å². The lowest BCUT2D eigenvalue weighted by Crippen LogP contribution is -2.21. The zero-order chi connectivity index (χ0) is 21.4. The van der Waals surface area contributed by atoms with Gasteiger partial charge in [-0.05, 0) is 32.0 Å². The molecule has 0 unspecified atom stereocenters. The third-order valence-electron chi connectivity index (χ3n) is 3.95. The highest BCUT2D eigenvalue weighted by atomic mass is 35.5. The maximum absolute atomic E-state index is 12.7. The van der Waals surface area contributed by atoms with Crippen molar-refractivity contribution in [1.82, 2.24) is 15.3 Å². The molecule has 3 N–H and O–H groups in total. The molecule has 152 valence electrons. The monoisotopic (exact) mass is 428 g/mol. The first-order chi connectivity index (χ1) is 14.0. The minimum absolute atomic E-state index is 0.170. The van der Waals surface area contributed by atoms with Crippen LogP contribution in [0.5, 0.6) is 0 Å². The molecule has 0 aliphatic carbocycles. The molecule has 0 bridgehead atoms. The number of nitrogen functional groups attached to an aromatic ring is 1. The first-order valence-corrected chi connectivity index (χ1v) is 10.6. The van der Waals surface area contributed by atoms with E-state index in [1.807, 2.05) is 64.1 Å². The van der Waals surface area contributed by atoms with E-state index in [1.165, 1.54) is 11.3 Å². The van der Waals surface area contributed by atoms with Crippen molar-refractivity contribution in [3.05, 3.63) is 64.2 Å². The van der Waals surface area contributed by atoms with Crippen molar-refractivity contribution in [1.29, 1.82) is 0 Å². The zero-order valence-electron chi connectivity index (χ0n) is 17.0. The van der Waals surface area contributed by atoms with Gasteiger partial charge in [0.25, 0.3) is 5.91 Å². The number of aromatic nitrogens is 2. The van der Waals surface area contributed by atoms with Crippen LogP contribution in [0.15, 0.2) is 54.3 Å². The summed E-state index contributed by atoms with van der Waals surface area (Å²) < 4.78 is 0. The number of nitrogens with zero attached hydrogens (tertiary/aromatic N) is 2. The van der Waals surface area contributed by atoms with Gasteiger partial charge in [-0.3, -0.25) is 4.79 Å². The zero-order valence-corrected chi connectivity index (χ0v) is 18.6. The molecule has 2 aromatic heterocycles. The topological polar surface area (TPSA) is 80.9 Å². The maximum Gasteiger partial charge on any atom is 0.265 e. The van der Waals surface area contributed by atoms with Gasteiger partial charge in [0.15, 0.2) is 0 Å². The number of nitrogens with one attached hydrogen (secondary N) is 1. The Morgan fingerprint density at radius 3 is 2.52 bits per heavy atom. The fourth-order valence-corrected chi connectivity index (χ4v) is 3.63. The van der Waals surface area contributed by atoms with Crippen molar-refractivity contribution in [2.75, 3.05) is 5.73 Å². The first-order valence-electron chi connectivity index (χ1n) is 9.42. The van der Waals surface area contributed by atoms with Crippen LogP contribution in [0, 0.1) is 0 Å². The summed E-state index contributed by atoms with van der Waals surface area (Å²) >= 11 is 7.27. The van der Waals surface area contributed by atoms with Crippen LogP contribution in [0.4, 0.5) is 5.95 Å². The van der Waals surface area contributed by atoms with Gasteiger partial charge in [0.05, 0.1) is 10.6 Å². The number of allylic oxidation sites excluding steroid dienone is 3. The average molecular weight is 429 g/mol. The molecule has 5 nitrogen and oxygen atoms in total. The number of anilines is 1. The SMILES string of the molecule is C/C=C\C/C(=C\C)NC(=O)c1cc2c(-c3ccc(Cl)cc3)nc(N)nc2s1.CC.